The topological polar surface area (TPSA) is 97.5 Å². The zero-order valence-corrected chi connectivity index (χ0v) is 13.8. The number of carbonyl (C=O) groups excluding carboxylic acids is 2. The molecule has 3 rings (SSSR count). The highest BCUT2D eigenvalue weighted by Crippen LogP contribution is 2.37. The largest absolute Gasteiger partial charge is 0.369 e. The number of benzene rings is 2. The predicted octanol–water partition coefficient (Wildman–Crippen LogP) is 1.32. The van der Waals surface area contributed by atoms with Gasteiger partial charge in [0.15, 0.2) is 9.84 Å². The van der Waals surface area contributed by atoms with Gasteiger partial charge in [0.1, 0.15) is 0 Å². The molecule has 1 heterocycles. The number of hydrogen-bond acceptors (Lipinski definition) is 4. The van der Waals surface area contributed by atoms with E-state index in [9.17, 15) is 18.0 Å². The zero-order chi connectivity index (χ0) is 17.5. The van der Waals surface area contributed by atoms with E-state index in [1.807, 2.05) is 0 Å². The first-order chi connectivity index (χ1) is 11.3. The molecule has 0 aliphatic carbocycles. The summed E-state index contributed by atoms with van der Waals surface area (Å²) in [6.07, 6.45) is 1.06. The van der Waals surface area contributed by atoms with Crippen molar-refractivity contribution in [2.75, 3.05) is 17.7 Å². The summed E-state index contributed by atoms with van der Waals surface area (Å²) in [5.74, 6) is -1.59. The second kappa shape index (κ2) is 5.76. The fraction of sp³-hybridized carbons (Fsp3) is 0.176. The molecule has 124 valence electrons. The highest BCUT2D eigenvalue weighted by Gasteiger charge is 2.36. The molecule has 0 bridgehead atoms. The van der Waals surface area contributed by atoms with Crippen molar-refractivity contribution in [1.29, 1.82) is 0 Å². The maximum absolute atomic E-state index is 13.0. The lowest BCUT2D eigenvalue weighted by Gasteiger charge is -2.19. The van der Waals surface area contributed by atoms with Crippen LogP contribution in [0.2, 0.25) is 0 Å². The standard InChI is InChI=1S/C17H16N2O4S/c1-24(22,23)15-9-5-3-7-12(15)17(21)19-10-13(16(18)20)11-6-2-4-8-14(11)19/h2-9,13H,10H2,1H3,(H2,18,20)/t13-/m1/s1. The average Bonchev–Trinajstić information content (AvgIpc) is 2.93. The number of anilines is 1. The van der Waals surface area contributed by atoms with E-state index in [0.717, 1.165) is 6.26 Å². The van der Waals surface area contributed by atoms with Gasteiger partial charge in [-0.3, -0.25) is 9.59 Å². The lowest BCUT2D eigenvalue weighted by molar-refractivity contribution is -0.119. The summed E-state index contributed by atoms with van der Waals surface area (Å²) < 4.78 is 23.9. The summed E-state index contributed by atoms with van der Waals surface area (Å²) in [5, 5.41) is 0. The third-order valence-electron chi connectivity index (χ3n) is 4.07. The van der Waals surface area contributed by atoms with E-state index < -0.39 is 27.6 Å². The van der Waals surface area contributed by atoms with Crippen molar-refractivity contribution < 1.29 is 18.0 Å². The Kier molecular flexibility index (Phi) is 3.88. The van der Waals surface area contributed by atoms with Gasteiger partial charge in [0.05, 0.1) is 16.4 Å². The lowest BCUT2D eigenvalue weighted by atomic mass is 10.0. The first-order valence-corrected chi connectivity index (χ1v) is 9.19. The minimum Gasteiger partial charge on any atom is -0.369 e. The number of fused-ring (bicyclic) bond motifs is 1. The first-order valence-electron chi connectivity index (χ1n) is 7.30. The molecule has 0 saturated heterocycles. The van der Waals surface area contributed by atoms with Crippen molar-refractivity contribution in [2.45, 2.75) is 10.8 Å². The summed E-state index contributed by atoms with van der Waals surface area (Å²) in [6.45, 7) is 0.103. The molecular weight excluding hydrogens is 328 g/mol. The molecule has 7 heteroatoms. The van der Waals surface area contributed by atoms with Gasteiger partial charge in [-0.05, 0) is 23.8 Å². The van der Waals surface area contributed by atoms with Crippen LogP contribution in [0.25, 0.3) is 0 Å². The molecule has 0 radical (unpaired) electrons. The number of sulfone groups is 1. The minimum atomic E-state index is -3.55. The Bertz CT molecular complexity index is 937. The molecule has 2 N–H and O–H groups in total. The van der Waals surface area contributed by atoms with E-state index in [4.69, 9.17) is 5.73 Å². The van der Waals surface area contributed by atoms with Crippen LogP contribution in [0.3, 0.4) is 0 Å². The molecule has 0 saturated carbocycles. The molecule has 24 heavy (non-hydrogen) atoms. The van der Waals surface area contributed by atoms with Crippen LogP contribution >= 0.6 is 0 Å². The van der Waals surface area contributed by atoms with Gasteiger partial charge < -0.3 is 10.6 Å². The Balaban J connectivity index is 2.09. The number of primary amides is 1. The van der Waals surface area contributed by atoms with Crippen LogP contribution in [-0.4, -0.2) is 33.0 Å². The lowest BCUT2D eigenvalue weighted by Crippen LogP contribution is -2.33. The van der Waals surface area contributed by atoms with Crippen LogP contribution < -0.4 is 10.6 Å². The van der Waals surface area contributed by atoms with E-state index in [1.54, 1.807) is 36.4 Å². The minimum absolute atomic E-state index is 0.0324. The number of nitrogens with zero attached hydrogens (tertiary/aromatic N) is 1. The molecule has 0 aromatic heterocycles. The Labute approximate surface area is 139 Å². The molecule has 2 amide bonds. The summed E-state index contributed by atoms with van der Waals surface area (Å²) in [7, 11) is -3.55. The van der Waals surface area contributed by atoms with E-state index in [0.29, 0.717) is 11.3 Å². The Morgan fingerprint density at radius 1 is 1.08 bits per heavy atom. The second-order valence-corrected chi connectivity index (χ2v) is 7.68. The number of nitrogens with two attached hydrogens (primary N) is 1. The number of amides is 2. The fourth-order valence-electron chi connectivity index (χ4n) is 2.95. The predicted molar refractivity (Wildman–Crippen MR) is 89.6 cm³/mol. The Hall–Kier alpha value is -2.67. The van der Waals surface area contributed by atoms with Gasteiger partial charge in [0, 0.05) is 18.5 Å². The molecule has 2 aromatic rings. The van der Waals surface area contributed by atoms with Crippen LogP contribution in [-0.2, 0) is 14.6 Å². The van der Waals surface area contributed by atoms with Crippen LogP contribution in [0.15, 0.2) is 53.4 Å². The van der Waals surface area contributed by atoms with Crippen molar-refractivity contribution >= 4 is 27.3 Å². The highest BCUT2D eigenvalue weighted by atomic mass is 32.2. The maximum Gasteiger partial charge on any atom is 0.259 e. The SMILES string of the molecule is CS(=O)(=O)c1ccccc1C(=O)N1C[C@@H](C(N)=O)c2ccccc21. The van der Waals surface area contributed by atoms with Gasteiger partial charge in [-0.2, -0.15) is 0 Å². The molecular formula is C17H16N2O4S. The van der Waals surface area contributed by atoms with Crippen LogP contribution in [0.5, 0.6) is 0 Å². The average molecular weight is 344 g/mol. The van der Waals surface area contributed by atoms with Gasteiger partial charge in [-0.25, -0.2) is 8.42 Å². The first kappa shape index (κ1) is 16.2. The molecule has 0 unspecified atom stereocenters. The summed E-state index contributed by atoms with van der Waals surface area (Å²) >= 11 is 0. The van der Waals surface area contributed by atoms with Crippen molar-refractivity contribution in [1.82, 2.24) is 0 Å². The van der Waals surface area contributed by atoms with Gasteiger partial charge in [0.25, 0.3) is 5.91 Å². The van der Waals surface area contributed by atoms with Gasteiger partial charge in [-0.15, -0.1) is 0 Å². The van der Waals surface area contributed by atoms with E-state index >= 15 is 0 Å². The molecule has 0 fully saturated rings. The zero-order valence-electron chi connectivity index (χ0n) is 13.0. The van der Waals surface area contributed by atoms with Crippen molar-refractivity contribution in [3.8, 4) is 0 Å². The quantitative estimate of drug-likeness (QED) is 0.908. The monoisotopic (exact) mass is 344 g/mol. The molecule has 1 aliphatic rings. The summed E-state index contributed by atoms with van der Waals surface area (Å²) in [4.78, 5) is 26.0. The second-order valence-electron chi connectivity index (χ2n) is 5.70. The number of hydrogen-bond donors (Lipinski definition) is 1. The smallest absolute Gasteiger partial charge is 0.259 e. The molecule has 2 aromatic carbocycles. The van der Waals surface area contributed by atoms with E-state index in [-0.39, 0.29) is 17.0 Å². The normalized spacial score (nSPS) is 16.7. The van der Waals surface area contributed by atoms with Crippen molar-refractivity contribution in [2.24, 2.45) is 5.73 Å². The van der Waals surface area contributed by atoms with Gasteiger partial charge in [0.2, 0.25) is 5.91 Å². The van der Waals surface area contributed by atoms with Crippen molar-refractivity contribution in [3.05, 3.63) is 59.7 Å². The van der Waals surface area contributed by atoms with E-state index in [2.05, 4.69) is 0 Å². The summed E-state index contributed by atoms with van der Waals surface area (Å²) in [6, 6.07) is 13.0. The molecule has 6 nitrogen and oxygen atoms in total. The maximum atomic E-state index is 13.0. The van der Waals surface area contributed by atoms with Crippen LogP contribution in [0.1, 0.15) is 21.8 Å². The van der Waals surface area contributed by atoms with Gasteiger partial charge in [-0.1, -0.05) is 30.3 Å². The molecule has 1 atom stereocenters. The summed E-state index contributed by atoms with van der Waals surface area (Å²) in [5.41, 5.74) is 6.78. The Morgan fingerprint density at radius 2 is 1.71 bits per heavy atom. The third-order valence-corrected chi connectivity index (χ3v) is 5.23. The molecule has 1 aliphatic heterocycles. The molecule has 0 spiro atoms. The van der Waals surface area contributed by atoms with Crippen LogP contribution in [0.4, 0.5) is 5.69 Å². The van der Waals surface area contributed by atoms with E-state index in [1.165, 1.54) is 17.0 Å². The highest BCUT2D eigenvalue weighted by molar-refractivity contribution is 7.90. The third kappa shape index (κ3) is 2.67. The van der Waals surface area contributed by atoms with Crippen molar-refractivity contribution in [3.63, 3.8) is 0 Å². The number of carbonyl (C=O) groups is 2. The van der Waals surface area contributed by atoms with Crippen LogP contribution in [0, 0.1) is 0 Å². The number of para-hydroxylation sites is 1. The fourth-order valence-corrected chi connectivity index (χ4v) is 3.84. The number of rotatable bonds is 3. The Morgan fingerprint density at radius 3 is 2.38 bits per heavy atom. The van der Waals surface area contributed by atoms with Gasteiger partial charge >= 0.3 is 0 Å².